The van der Waals surface area contributed by atoms with Crippen molar-refractivity contribution in [3.63, 3.8) is 0 Å². The van der Waals surface area contributed by atoms with Crippen LogP contribution in [0.15, 0.2) is 0 Å². The molecule has 2 aliphatic rings. The van der Waals surface area contributed by atoms with E-state index >= 15 is 0 Å². The Morgan fingerprint density at radius 3 is 2.50 bits per heavy atom. The molecule has 2 rings (SSSR count). The van der Waals surface area contributed by atoms with Crippen molar-refractivity contribution in [2.75, 3.05) is 19.6 Å². The second-order valence-corrected chi connectivity index (χ2v) is 5.31. The molecule has 1 aliphatic heterocycles. The molecule has 94 valence electrons. The smallest absolute Gasteiger partial charge is 0.227 e. The molecular formula is C12H23ClN2O. The first-order valence-electron chi connectivity index (χ1n) is 6.19. The molecule has 1 N–H and O–H groups in total. The van der Waals surface area contributed by atoms with E-state index in [0.29, 0.717) is 17.9 Å². The molecule has 0 bridgehead atoms. The van der Waals surface area contributed by atoms with Gasteiger partial charge in [0, 0.05) is 19.1 Å². The number of hydrogen-bond acceptors (Lipinski definition) is 2. The van der Waals surface area contributed by atoms with Crippen LogP contribution in [-0.2, 0) is 4.79 Å². The van der Waals surface area contributed by atoms with Gasteiger partial charge in [-0.1, -0.05) is 13.8 Å². The Morgan fingerprint density at radius 2 is 2.06 bits per heavy atom. The lowest BCUT2D eigenvalue weighted by Crippen LogP contribution is -2.40. The summed E-state index contributed by atoms with van der Waals surface area (Å²) in [5, 5.41) is 3.27. The van der Waals surface area contributed by atoms with Crippen molar-refractivity contribution in [3.05, 3.63) is 0 Å². The molecule has 16 heavy (non-hydrogen) atoms. The first-order chi connectivity index (χ1) is 7.18. The predicted octanol–water partition coefficient (Wildman–Crippen LogP) is 1.66. The number of halogens is 1. The molecule has 1 amide bonds. The van der Waals surface area contributed by atoms with Gasteiger partial charge in [0.1, 0.15) is 0 Å². The van der Waals surface area contributed by atoms with Crippen LogP contribution >= 0.6 is 12.4 Å². The highest BCUT2D eigenvalue weighted by Crippen LogP contribution is 2.29. The van der Waals surface area contributed by atoms with E-state index in [2.05, 4.69) is 24.1 Å². The maximum atomic E-state index is 12.2. The number of rotatable bonds is 4. The van der Waals surface area contributed by atoms with Gasteiger partial charge in [0.25, 0.3) is 0 Å². The maximum Gasteiger partial charge on any atom is 0.227 e. The van der Waals surface area contributed by atoms with Crippen LogP contribution in [0.4, 0.5) is 0 Å². The molecule has 1 atom stereocenters. The third-order valence-electron chi connectivity index (χ3n) is 3.24. The Labute approximate surface area is 104 Å². The van der Waals surface area contributed by atoms with Gasteiger partial charge in [-0.2, -0.15) is 0 Å². The van der Waals surface area contributed by atoms with Gasteiger partial charge in [-0.05, 0) is 31.7 Å². The molecule has 0 spiro atoms. The topological polar surface area (TPSA) is 32.3 Å². The molecule has 0 aromatic rings. The molecule has 3 nitrogen and oxygen atoms in total. The van der Waals surface area contributed by atoms with Crippen LogP contribution in [0.1, 0.15) is 33.1 Å². The normalized spacial score (nSPS) is 24.3. The molecule has 0 unspecified atom stereocenters. The molecule has 2 fully saturated rings. The average Bonchev–Trinajstić information content (AvgIpc) is 2.88. The third-order valence-corrected chi connectivity index (χ3v) is 3.24. The molecule has 1 aliphatic carbocycles. The standard InChI is InChI=1S/C12H22N2O.ClH/c1-9(2)8-14(11-3-4-11)12(15)10-5-6-13-7-10;/h9-11,13H,3-8H2,1-2H3;1H/t10-;/m0./s1. The SMILES string of the molecule is CC(C)CN(C(=O)[C@H]1CCNC1)C1CC1.Cl. The number of hydrogen-bond donors (Lipinski definition) is 1. The summed E-state index contributed by atoms with van der Waals surface area (Å²) in [7, 11) is 0. The average molecular weight is 247 g/mol. The fraction of sp³-hybridized carbons (Fsp3) is 0.917. The lowest BCUT2D eigenvalue weighted by atomic mass is 10.1. The van der Waals surface area contributed by atoms with Crippen molar-refractivity contribution in [2.45, 2.75) is 39.2 Å². The molecule has 1 heterocycles. The summed E-state index contributed by atoms with van der Waals surface area (Å²) in [6, 6.07) is 0.570. The summed E-state index contributed by atoms with van der Waals surface area (Å²) >= 11 is 0. The minimum absolute atomic E-state index is 0. The highest BCUT2D eigenvalue weighted by Gasteiger charge is 2.36. The van der Waals surface area contributed by atoms with Crippen molar-refractivity contribution >= 4 is 18.3 Å². The van der Waals surface area contributed by atoms with E-state index in [1.165, 1.54) is 12.8 Å². The van der Waals surface area contributed by atoms with Gasteiger partial charge < -0.3 is 10.2 Å². The number of nitrogens with one attached hydrogen (secondary N) is 1. The maximum absolute atomic E-state index is 12.2. The number of carbonyl (C=O) groups excluding carboxylic acids is 1. The number of nitrogens with zero attached hydrogens (tertiary/aromatic N) is 1. The molecule has 0 radical (unpaired) electrons. The first-order valence-corrected chi connectivity index (χ1v) is 6.19. The Balaban J connectivity index is 0.00000128. The molecule has 0 aromatic carbocycles. The number of amides is 1. The van der Waals surface area contributed by atoms with Crippen molar-refractivity contribution in [2.24, 2.45) is 11.8 Å². The lowest BCUT2D eigenvalue weighted by Gasteiger charge is -2.27. The zero-order valence-electron chi connectivity index (χ0n) is 10.2. The quantitative estimate of drug-likeness (QED) is 0.819. The Hall–Kier alpha value is -0.280. The number of carbonyl (C=O) groups is 1. The van der Waals surface area contributed by atoms with Gasteiger partial charge in [-0.3, -0.25) is 4.79 Å². The van der Waals surface area contributed by atoms with Crippen molar-refractivity contribution < 1.29 is 4.79 Å². The van der Waals surface area contributed by atoms with Crippen LogP contribution in [0.5, 0.6) is 0 Å². The van der Waals surface area contributed by atoms with Crippen LogP contribution in [0.25, 0.3) is 0 Å². The summed E-state index contributed by atoms with van der Waals surface area (Å²) < 4.78 is 0. The predicted molar refractivity (Wildman–Crippen MR) is 67.8 cm³/mol. The van der Waals surface area contributed by atoms with Crippen LogP contribution in [0.2, 0.25) is 0 Å². The third kappa shape index (κ3) is 3.36. The lowest BCUT2D eigenvalue weighted by molar-refractivity contribution is -0.136. The molecule has 0 aromatic heterocycles. The minimum atomic E-state index is 0. The summed E-state index contributed by atoms with van der Waals surface area (Å²) in [5.41, 5.74) is 0. The van der Waals surface area contributed by atoms with Gasteiger partial charge >= 0.3 is 0 Å². The first kappa shape index (κ1) is 13.8. The monoisotopic (exact) mass is 246 g/mol. The van der Waals surface area contributed by atoms with E-state index in [1.54, 1.807) is 0 Å². The highest BCUT2D eigenvalue weighted by atomic mass is 35.5. The second kappa shape index (κ2) is 5.87. The largest absolute Gasteiger partial charge is 0.339 e. The van der Waals surface area contributed by atoms with Crippen molar-refractivity contribution in [3.8, 4) is 0 Å². The summed E-state index contributed by atoms with van der Waals surface area (Å²) in [5.74, 6) is 1.24. The molecule has 1 saturated heterocycles. The van der Waals surface area contributed by atoms with Crippen LogP contribution in [0, 0.1) is 11.8 Å². The Kier molecular flexibility index (Phi) is 5.06. The molecule has 1 saturated carbocycles. The van der Waals surface area contributed by atoms with Crippen LogP contribution < -0.4 is 5.32 Å². The van der Waals surface area contributed by atoms with Crippen LogP contribution in [-0.4, -0.2) is 36.5 Å². The second-order valence-electron chi connectivity index (χ2n) is 5.31. The summed E-state index contributed by atoms with van der Waals surface area (Å²) in [6.45, 7) is 7.22. The van der Waals surface area contributed by atoms with Gasteiger partial charge in [-0.25, -0.2) is 0 Å². The minimum Gasteiger partial charge on any atom is -0.339 e. The van der Waals surface area contributed by atoms with Crippen molar-refractivity contribution in [1.82, 2.24) is 10.2 Å². The van der Waals surface area contributed by atoms with E-state index < -0.39 is 0 Å². The summed E-state index contributed by atoms with van der Waals surface area (Å²) in [6.07, 6.45) is 3.47. The van der Waals surface area contributed by atoms with Crippen molar-refractivity contribution in [1.29, 1.82) is 0 Å². The Bertz CT molecular complexity index is 235. The molecule has 4 heteroatoms. The Morgan fingerprint density at radius 1 is 1.38 bits per heavy atom. The zero-order valence-corrected chi connectivity index (χ0v) is 11.1. The van der Waals surface area contributed by atoms with Gasteiger partial charge in [-0.15, -0.1) is 12.4 Å². The van der Waals surface area contributed by atoms with E-state index in [0.717, 1.165) is 26.1 Å². The van der Waals surface area contributed by atoms with E-state index in [1.807, 2.05) is 0 Å². The summed E-state index contributed by atoms with van der Waals surface area (Å²) in [4.78, 5) is 14.4. The highest BCUT2D eigenvalue weighted by molar-refractivity contribution is 5.85. The van der Waals surface area contributed by atoms with E-state index in [4.69, 9.17) is 0 Å². The van der Waals surface area contributed by atoms with E-state index in [-0.39, 0.29) is 18.3 Å². The van der Waals surface area contributed by atoms with Gasteiger partial charge in [0.15, 0.2) is 0 Å². The fourth-order valence-electron chi connectivity index (χ4n) is 2.30. The van der Waals surface area contributed by atoms with Gasteiger partial charge in [0.05, 0.1) is 5.92 Å². The fourth-order valence-corrected chi connectivity index (χ4v) is 2.30. The van der Waals surface area contributed by atoms with Gasteiger partial charge in [0.2, 0.25) is 5.91 Å². The molecular weight excluding hydrogens is 224 g/mol. The van der Waals surface area contributed by atoms with E-state index in [9.17, 15) is 4.79 Å². The zero-order chi connectivity index (χ0) is 10.8. The van der Waals surface area contributed by atoms with Crippen LogP contribution in [0.3, 0.4) is 0 Å².